The summed E-state index contributed by atoms with van der Waals surface area (Å²) in [6, 6.07) is 20.2. The molecular formula is C25H23BrN2O3. The molecule has 2 N–H and O–H groups in total. The maximum atomic E-state index is 13.1. The fraction of sp³-hybridized carbons (Fsp3) is 0.120. The van der Waals surface area contributed by atoms with E-state index in [4.69, 9.17) is 4.74 Å². The third-order valence-corrected chi connectivity index (χ3v) is 5.38. The van der Waals surface area contributed by atoms with Crippen LogP contribution in [0.3, 0.4) is 0 Å². The molecule has 31 heavy (non-hydrogen) atoms. The van der Waals surface area contributed by atoms with E-state index in [0.29, 0.717) is 22.7 Å². The molecule has 0 fully saturated rings. The number of hydrogen-bond donors (Lipinski definition) is 2. The Bertz CT molecular complexity index is 1090. The minimum atomic E-state index is -0.493. The van der Waals surface area contributed by atoms with Crippen LogP contribution >= 0.6 is 15.9 Å². The lowest BCUT2D eigenvalue weighted by Crippen LogP contribution is -2.25. The molecule has 158 valence electrons. The second-order valence-corrected chi connectivity index (χ2v) is 7.84. The van der Waals surface area contributed by atoms with E-state index >= 15 is 0 Å². The quantitative estimate of drug-likeness (QED) is 0.269. The van der Waals surface area contributed by atoms with E-state index < -0.39 is 11.8 Å². The number of aryl methyl sites for hydroxylation is 2. The predicted molar refractivity (Wildman–Crippen MR) is 128 cm³/mol. The van der Waals surface area contributed by atoms with Gasteiger partial charge in [0.2, 0.25) is 0 Å². The molecule has 3 aromatic carbocycles. The van der Waals surface area contributed by atoms with Gasteiger partial charge in [0.15, 0.2) is 0 Å². The highest BCUT2D eigenvalue weighted by atomic mass is 79.9. The van der Waals surface area contributed by atoms with Crippen molar-refractivity contribution in [3.63, 3.8) is 0 Å². The van der Waals surface area contributed by atoms with Gasteiger partial charge >= 0.3 is 0 Å². The summed E-state index contributed by atoms with van der Waals surface area (Å²) in [7, 11) is 1.58. The summed E-state index contributed by atoms with van der Waals surface area (Å²) in [5, 5.41) is 5.69. The van der Waals surface area contributed by atoms with Gasteiger partial charge in [-0.2, -0.15) is 0 Å². The largest absolute Gasteiger partial charge is 0.496 e. The summed E-state index contributed by atoms with van der Waals surface area (Å²) in [5.41, 5.74) is 3.78. The average molecular weight is 479 g/mol. The Morgan fingerprint density at radius 1 is 0.839 bits per heavy atom. The molecule has 6 heteroatoms. The van der Waals surface area contributed by atoms with Crippen LogP contribution in [0, 0.1) is 13.8 Å². The molecule has 0 aliphatic carbocycles. The second kappa shape index (κ2) is 10.1. The van der Waals surface area contributed by atoms with Crippen molar-refractivity contribution in [1.29, 1.82) is 0 Å². The first kappa shape index (κ1) is 22.3. The zero-order chi connectivity index (χ0) is 22.4. The molecule has 5 nitrogen and oxygen atoms in total. The van der Waals surface area contributed by atoms with Crippen molar-refractivity contribution in [2.75, 3.05) is 17.7 Å². The number of methoxy groups -OCH3 is 1. The molecule has 0 aliphatic rings. The van der Waals surface area contributed by atoms with Crippen molar-refractivity contribution in [1.82, 2.24) is 0 Å². The van der Waals surface area contributed by atoms with Crippen LogP contribution in [0.1, 0.15) is 16.7 Å². The second-order valence-electron chi connectivity index (χ2n) is 6.99. The number of amides is 2. The van der Waals surface area contributed by atoms with Gasteiger partial charge in [-0.1, -0.05) is 42.5 Å². The number of para-hydroxylation sites is 2. The highest BCUT2D eigenvalue weighted by molar-refractivity contribution is 9.10. The highest BCUT2D eigenvalue weighted by Crippen LogP contribution is 2.27. The van der Waals surface area contributed by atoms with E-state index in [1.807, 2.05) is 50.2 Å². The van der Waals surface area contributed by atoms with Crippen LogP contribution in [-0.2, 0) is 9.59 Å². The first-order valence-corrected chi connectivity index (χ1v) is 10.5. The van der Waals surface area contributed by atoms with Crippen molar-refractivity contribution in [2.24, 2.45) is 0 Å². The van der Waals surface area contributed by atoms with Gasteiger partial charge in [-0.15, -0.1) is 0 Å². The zero-order valence-electron chi connectivity index (χ0n) is 17.5. The lowest BCUT2D eigenvalue weighted by atomic mass is 10.1. The SMILES string of the molecule is COc1ccc(C=C(C(=O)Nc2ccccc2C)C(=O)Nc2ccccc2C)cc1Br. The number of carbonyl (C=O) groups excluding carboxylic acids is 2. The molecule has 3 aromatic rings. The average Bonchev–Trinajstić information content (AvgIpc) is 2.75. The first-order chi connectivity index (χ1) is 14.9. The van der Waals surface area contributed by atoms with Gasteiger partial charge in [0.1, 0.15) is 11.3 Å². The molecule has 0 saturated carbocycles. The summed E-state index contributed by atoms with van der Waals surface area (Å²) >= 11 is 3.44. The number of benzene rings is 3. The molecule has 3 rings (SSSR count). The molecular weight excluding hydrogens is 456 g/mol. The van der Waals surface area contributed by atoms with E-state index in [2.05, 4.69) is 26.6 Å². The van der Waals surface area contributed by atoms with Crippen LogP contribution in [0.4, 0.5) is 11.4 Å². The van der Waals surface area contributed by atoms with E-state index in [1.165, 1.54) is 0 Å². The Morgan fingerprint density at radius 2 is 1.35 bits per heavy atom. The molecule has 2 amide bonds. The van der Waals surface area contributed by atoms with Crippen LogP contribution < -0.4 is 15.4 Å². The number of nitrogens with one attached hydrogen (secondary N) is 2. The van der Waals surface area contributed by atoms with Crippen molar-refractivity contribution in [3.8, 4) is 5.75 Å². The lowest BCUT2D eigenvalue weighted by Gasteiger charge is -2.13. The monoisotopic (exact) mass is 478 g/mol. The summed E-state index contributed by atoms with van der Waals surface area (Å²) in [6.45, 7) is 3.79. The molecule has 0 aliphatic heterocycles. The molecule has 0 saturated heterocycles. The standard InChI is InChI=1S/C25H23BrN2O3/c1-16-8-4-6-10-21(16)27-24(29)19(14-18-12-13-23(31-3)20(26)15-18)25(30)28-22-11-7-5-9-17(22)2/h4-15H,1-3H3,(H,27,29)(H,28,30). The van der Waals surface area contributed by atoms with Crippen LogP contribution in [-0.4, -0.2) is 18.9 Å². The minimum Gasteiger partial charge on any atom is -0.496 e. The van der Waals surface area contributed by atoms with E-state index in [9.17, 15) is 9.59 Å². The van der Waals surface area contributed by atoms with Crippen molar-refractivity contribution in [3.05, 3.63) is 93.5 Å². The Morgan fingerprint density at radius 3 is 1.81 bits per heavy atom. The Labute approximate surface area is 190 Å². The molecule has 0 bridgehead atoms. The van der Waals surface area contributed by atoms with Gasteiger partial charge in [-0.05, 0) is 76.8 Å². The van der Waals surface area contributed by atoms with Gasteiger partial charge in [0.25, 0.3) is 11.8 Å². The molecule has 0 atom stereocenters. The Balaban J connectivity index is 1.97. The molecule has 0 heterocycles. The van der Waals surface area contributed by atoms with Gasteiger partial charge in [0, 0.05) is 11.4 Å². The van der Waals surface area contributed by atoms with Crippen LogP contribution in [0.5, 0.6) is 5.75 Å². The third kappa shape index (κ3) is 5.61. The van der Waals surface area contributed by atoms with Gasteiger partial charge < -0.3 is 15.4 Å². The van der Waals surface area contributed by atoms with Crippen molar-refractivity contribution >= 4 is 45.2 Å². The van der Waals surface area contributed by atoms with Crippen LogP contribution in [0.15, 0.2) is 76.8 Å². The van der Waals surface area contributed by atoms with Crippen LogP contribution in [0.2, 0.25) is 0 Å². The summed E-state index contributed by atoms with van der Waals surface area (Å²) < 4.78 is 5.98. The zero-order valence-corrected chi connectivity index (χ0v) is 19.1. The third-order valence-electron chi connectivity index (χ3n) is 4.76. The van der Waals surface area contributed by atoms with Crippen molar-refractivity contribution < 1.29 is 14.3 Å². The number of ether oxygens (including phenoxy) is 1. The smallest absolute Gasteiger partial charge is 0.261 e. The summed E-state index contributed by atoms with van der Waals surface area (Å²) in [5.74, 6) is -0.327. The van der Waals surface area contributed by atoms with Crippen molar-refractivity contribution in [2.45, 2.75) is 13.8 Å². The van der Waals surface area contributed by atoms with Crippen LogP contribution in [0.25, 0.3) is 6.08 Å². The Hall–Kier alpha value is -3.38. The Kier molecular flexibility index (Phi) is 7.26. The minimum absolute atomic E-state index is 0.0106. The number of carbonyl (C=O) groups is 2. The highest BCUT2D eigenvalue weighted by Gasteiger charge is 2.20. The summed E-state index contributed by atoms with van der Waals surface area (Å²) in [6.07, 6.45) is 1.56. The topological polar surface area (TPSA) is 67.4 Å². The maximum absolute atomic E-state index is 13.1. The number of hydrogen-bond acceptors (Lipinski definition) is 3. The molecule has 0 spiro atoms. The van der Waals surface area contributed by atoms with E-state index in [-0.39, 0.29) is 5.57 Å². The predicted octanol–water partition coefficient (Wildman–Crippen LogP) is 5.74. The normalized spacial score (nSPS) is 10.2. The van der Waals surface area contributed by atoms with Gasteiger partial charge in [0.05, 0.1) is 11.6 Å². The van der Waals surface area contributed by atoms with Gasteiger partial charge in [-0.3, -0.25) is 9.59 Å². The fourth-order valence-corrected chi connectivity index (χ4v) is 3.54. The molecule has 0 unspecified atom stereocenters. The lowest BCUT2D eigenvalue weighted by molar-refractivity contribution is -0.118. The van der Waals surface area contributed by atoms with E-state index in [0.717, 1.165) is 15.6 Å². The number of rotatable bonds is 6. The number of anilines is 2. The fourth-order valence-electron chi connectivity index (χ4n) is 2.98. The maximum Gasteiger partial charge on any atom is 0.261 e. The van der Waals surface area contributed by atoms with E-state index in [1.54, 1.807) is 43.5 Å². The molecule has 0 aromatic heterocycles. The number of halogens is 1. The summed E-state index contributed by atoms with van der Waals surface area (Å²) in [4.78, 5) is 26.2. The first-order valence-electron chi connectivity index (χ1n) is 9.68. The molecule has 0 radical (unpaired) electrons. The van der Waals surface area contributed by atoms with Gasteiger partial charge in [-0.25, -0.2) is 0 Å².